The third-order valence-corrected chi connectivity index (χ3v) is 3.76. The highest BCUT2D eigenvalue weighted by Crippen LogP contribution is 2.27. The van der Waals surface area contributed by atoms with Crippen molar-refractivity contribution in [1.29, 1.82) is 5.26 Å². The van der Waals surface area contributed by atoms with E-state index in [1.165, 1.54) is 11.1 Å². The lowest BCUT2D eigenvalue weighted by atomic mass is 10.1. The van der Waals surface area contributed by atoms with Crippen LogP contribution in [0.1, 0.15) is 16.7 Å². The summed E-state index contributed by atoms with van der Waals surface area (Å²) in [6.45, 7) is 1.32. The van der Waals surface area contributed by atoms with E-state index in [9.17, 15) is 0 Å². The average Bonchev–Trinajstić information content (AvgIpc) is 2.96. The van der Waals surface area contributed by atoms with Crippen LogP contribution in [0.15, 0.2) is 36.4 Å². The van der Waals surface area contributed by atoms with Gasteiger partial charge in [-0.15, -0.1) is 0 Å². The van der Waals surface area contributed by atoms with E-state index in [1.54, 1.807) is 18.2 Å². The van der Waals surface area contributed by atoms with Gasteiger partial charge in [0.2, 0.25) is 0 Å². The van der Waals surface area contributed by atoms with Gasteiger partial charge in [-0.2, -0.15) is 5.26 Å². The maximum Gasteiger partial charge on any atom is 0.137 e. The molecule has 0 bridgehead atoms. The van der Waals surface area contributed by atoms with Crippen molar-refractivity contribution in [3.05, 3.63) is 58.1 Å². The van der Waals surface area contributed by atoms with Crippen molar-refractivity contribution in [3.63, 3.8) is 0 Å². The first-order valence-electron chi connectivity index (χ1n) is 6.83. The summed E-state index contributed by atoms with van der Waals surface area (Å²) >= 11 is 6.07. The molecule has 3 nitrogen and oxygen atoms in total. The van der Waals surface area contributed by atoms with Crippen molar-refractivity contribution < 1.29 is 9.47 Å². The molecule has 0 amide bonds. The largest absolute Gasteiger partial charge is 0.493 e. The van der Waals surface area contributed by atoms with Gasteiger partial charge in [0.15, 0.2) is 0 Å². The van der Waals surface area contributed by atoms with Crippen LogP contribution in [0.3, 0.4) is 0 Å². The predicted molar refractivity (Wildman–Crippen MR) is 81.0 cm³/mol. The van der Waals surface area contributed by atoms with Crippen molar-refractivity contribution in [3.8, 4) is 17.6 Å². The zero-order valence-corrected chi connectivity index (χ0v) is 12.2. The number of fused-ring (bicyclic) bond motifs is 1. The molecule has 0 atom stereocenters. The molecular weight excluding hydrogens is 286 g/mol. The van der Waals surface area contributed by atoms with Crippen LogP contribution in [-0.2, 0) is 12.8 Å². The van der Waals surface area contributed by atoms with Gasteiger partial charge in [-0.3, -0.25) is 0 Å². The number of hydrogen-bond acceptors (Lipinski definition) is 3. The molecule has 4 heteroatoms. The molecule has 1 heterocycles. The zero-order valence-electron chi connectivity index (χ0n) is 11.4. The maximum atomic E-state index is 8.79. The molecular formula is C17H14ClNO2. The molecule has 1 aliphatic heterocycles. The van der Waals surface area contributed by atoms with Crippen LogP contribution in [0.4, 0.5) is 0 Å². The van der Waals surface area contributed by atoms with Crippen molar-refractivity contribution >= 4 is 11.6 Å². The first-order chi connectivity index (χ1) is 10.3. The highest BCUT2D eigenvalue weighted by Gasteiger charge is 2.12. The molecule has 1 aliphatic rings. The molecule has 0 unspecified atom stereocenters. The number of halogens is 1. The minimum atomic E-state index is 0.469. The Morgan fingerprint density at radius 3 is 2.95 bits per heavy atom. The molecule has 0 radical (unpaired) electrons. The molecule has 21 heavy (non-hydrogen) atoms. The van der Waals surface area contributed by atoms with Crippen molar-refractivity contribution in [2.24, 2.45) is 0 Å². The second-order valence-corrected chi connectivity index (χ2v) is 5.30. The van der Waals surface area contributed by atoms with E-state index < -0.39 is 0 Å². The Bertz CT molecular complexity index is 706. The molecule has 0 fully saturated rings. The fourth-order valence-corrected chi connectivity index (χ4v) is 2.60. The Kier molecular flexibility index (Phi) is 3.98. The second kappa shape index (κ2) is 6.07. The summed E-state index contributed by atoms with van der Waals surface area (Å²) in [5.74, 6) is 1.61. The summed E-state index contributed by atoms with van der Waals surface area (Å²) < 4.78 is 11.2. The number of benzene rings is 2. The van der Waals surface area contributed by atoms with Gasteiger partial charge in [0.05, 0.1) is 29.9 Å². The Hall–Kier alpha value is -2.18. The predicted octanol–water partition coefficient (Wildman–Crippen LogP) is 3.77. The van der Waals surface area contributed by atoms with E-state index >= 15 is 0 Å². The highest BCUT2D eigenvalue weighted by molar-refractivity contribution is 6.32. The topological polar surface area (TPSA) is 42.2 Å². The van der Waals surface area contributed by atoms with Crippen LogP contribution >= 0.6 is 11.6 Å². The lowest BCUT2D eigenvalue weighted by Gasteiger charge is -2.09. The minimum Gasteiger partial charge on any atom is -0.493 e. The molecule has 0 spiro atoms. The van der Waals surface area contributed by atoms with E-state index in [0.717, 1.165) is 25.2 Å². The summed E-state index contributed by atoms with van der Waals surface area (Å²) in [4.78, 5) is 0. The molecule has 106 valence electrons. The number of hydrogen-bond donors (Lipinski definition) is 0. The second-order valence-electron chi connectivity index (χ2n) is 4.90. The van der Waals surface area contributed by atoms with Crippen LogP contribution in [-0.4, -0.2) is 13.2 Å². The van der Waals surface area contributed by atoms with Crippen molar-refractivity contribution in [2.45, 2.75) is 12.8 Å². The van der Waals surface area contributed by atoms with Crippen LogP contribution in [0, 0.1) is 11.3 Å². The summed E-state index contributed by atoms with van der Waals surface area (Å²) in [6.07, 6.45) is 1.79. The standard InChI is InChI=1S/C17H14ClNO2/c18-15-10-13(11-19)2-4-17(15)21-7-5-12-1-3-16-14(9-12)6-8-20-16/h1-4,9-10H,5-8H2. The van der Waals surface area contributed by atoms with Gasteiger partial charge in [0.25, 0.3) is 0 Å². The normalized spacial score (nSPS) is 12.4. The Labute approximate surface area is 128 Å². The Morgan fingerprint density at radius 2 is 2.14 bits per heavy atom. The third-order valence-electron chi connectivity index (χ3n) is 3.46. The SMILES string of the molecule is N#Cc1ccc(OCCc2ccc3c(c2)CCO3)c(Cl)c1. The van der Waals surface area contributed by atoms with Gasteiger partial charge in [0, 0.05) is 12.8 Å². The van der Waals surface area contributed by atoms with E-state index in [0.29, 0.717) is 22.9 Å². The molecule has 0 N–H and O–H groups in total. The first-order valence-corrected chi connectivity index (χ1v) is 7.21. The molecule has 3 rings (SSSR count). The van der Waals surface area contributed by atoms with Crippen LogP contribution in [0.25, 0.3) is 0 Å². The van der Waals surface area contributed by atoms with Gasteiger partial charge in [-0.1, -0.05) is 23.7 Å². The van der Waals surface area contributed by atoms with Gasteiger partial charge >= 0.3 is 0 Å². The maximum absolute atomic E-state index is 8.79. The fourth-order valence-electron chi connectivity index (χ4n) is 2.36. The molecule has 0 aliphatic carbocycles. The highest BCUT2D eigenvalue weighted by atomic mass is 35.5. The molecule has 0 saturated heterocycles. The number of rotatable bonds is 4. The molecule has 2 aromatic carbocycles. The Morgan fingerprint density at radius 1 is 1.24 bits per heavy atom. The van der Waals surface area contributed by atoms with Crippen LogP contribution in [0.2, 0.25) is 5.02 Å². The van der Waals surface area contributed by atoms with Crippen LogP contribution in [0.5, 0.6) is 11.5 Å². The van der Waals surface area contributed by atoms with Gasteiger partial charge in [0.1, 0.15) is 11.5 Å². The van der Waals surface area contributed by atoms with Crippen molar-refractivity contribution in [1.82, 2.24) is 0 Å². The Balaban J connectivity index is 1.60. The van der Waals surface area contributed by atoms with Gasteiger partial charge < -0.3 is 9.47 Å². The molecule has 0 saturated carbocycles. The average molecular weight is 300 g/mol. The summed E-state index contributed by atoms with van der Waals surface area (Å²) in [5.41, 5.74) is 3.03. The fraction of sp³-hybridized carbons (Fsp3) is 0.235. The first kappa shape index (κ1) is 13.8. The molecule has 2 aromatic rings. The smallest absolute Gasteiger partial charge is 0.137 e. The number of ether oxygens (including phenoxy) is 2. The van der Waals surface area contributed by atoms with E-state index in [1.807, 2.05) is 12.1 Å². The summed E-state index contributed by atoms with van der Waals surface area (Å²) in [6, 6.07) is 13.4. The summed E-state index contributed by atoms with van der Waals surface area (Å²) in [7, 11) is 0. The molecule has 0 aromatic heterocycles. The lowest BCUT2D eigenvalue weighted by molar-refractivity contribution is 0.322. The van der Waals surface area contributed by atoms with E-state index in [2.05, 4.69) is 12.1 Å². The number of nitriles is 1. The quantitative estimate of drug-likeness (QED) is 0.863. The monoisotopic (exact) mass is 299 g/mol. The summed E-state index contributed by atoms with van der Waals surface area (Å²) in [5, 5.41) is 9.26. The lowest BCUT2D eigenvalue weighted by Crippen LogP contribution is -2.02. The minimum absolute atomic E-state index is 0.469. The van der Waals surface area contributed by atoms with Crippen LogP contribution < -0.4 is 9.47 Å². The third kappa shape index (κ3) is 3.12. The zero-order chi connectivity index (χ0) is 14.7. The van der Waals surface area contributed by atoms with Crippen molar-refractivity contribution in [2.75, 3.05) is 13.2 Å². The van der Waals surface area contributed by atoms with E-state index in [-0.39, 0.29) is 0 Å². The van der Waals surface area contributed by atoms with Gasteiger partial charge in [-0.05, 0) is 35.4 Å². The number of nitrogens with zero attached hydrogens (tertiary/aromatic N) is 1. The van der Waals surface area contributed by atoms with E-state index in [4.69, 9.17) is 26.3 Å². The van der Waals surface area contributed by atoms with Gasteiger partial charge in [-0.25, -0.2) is 0 Å².